The minimum absolute atomic E-state index is 0.198. The zero-order valence-electron chi connectivity index (χ0n) is 15.2. The summed E-state index contributed by atoms with van der Waals surface area (Å²) in [5.41, 5.74) is 2.38. The number of amides is 1. The third-order valence-electron chi connectivity index (χ3n) is 5.61. The van der Waals surface area contributed by atoms with E-state index in [-0.39, 0.29) is 19.1 Å². The van der Waals surface area contributed by atoms with E-state index in [2.05, 4.69) is 12.7 Å². The fourth-order valence-electron chi connectivity index (χ4n) is 4.34. The number of ether oxygens (including phenoxy) is 1. The number of carbonyl (C=O) groups is 2. The first kappa shape index (κ1) is 17.6. The molecule has 0 radical (unpaired) electrons. The molecule has 1 aromatic rings. The molecule has 1 amide bonds. The molecular weight excluding hydrogens is 342 g/mol. The van der Waals surface area contributed by atoms with Gasteiger partial charge in [-0.25, -0.2) is 0 Å². The van der Waals surface area contributed by atoms with Gasteiger partial charge < -0.3 is 9.84 Å². The Bertz CT molecular complexity index is 882. The monoisotopic (exact) mass is 365 g/mol. The molecule has 1 fully saturated rings. The van der Waals surface area contributed by atoms with Crippen LogP contribution in [-0.2, 0) is 19.7 Å². The summed E-state index contributed by atoms with van der Waals surface area (Å²) >= 11 is 0. The lowest BCUT2D eigenvalue weighted by Gasteiger charge is -2.23. The zero-order valence-corrected chi connectivity index (χ0v) is 15.2. The van der Waals surface area contributed by atoms with E-state index in [4.69, 9.17) is 4.74 Å². The molecule has 1 saturated heterocycles. The van der Waals surface area contributed by atoms with Crippen LogP contribution in [0.25, 0.3) is 0 Å². The molecule has 0 aromatic heterocycles. The molecule has 1 spiro atoms. The first-order valence-corrected chi connectivity index (χ1v) is 9.40. The Labute approximate surface area is 158 Å². The lowest BCUT2D eigenvalue weighted by atomic mass is 9.75. The Morgan fingerprint density at radius 2 is 2.07 bits per heavy atom. The Morgan fingerprint density at radius 3 is 2.89 bits per heavy atom. The summed E-state index contributed by atoms with van der Waals surface area (Å²) in [6.45, 7) is 3.97. The predicted octanol–water partition coefficient (Wildman–Crippen LogP) is 3.72. The van der Waals surface area contributed by atoms with Gasteiger partial charge in [-0.3, -0.25) is 14.5 Å². The highest BCUT2D eigenvalue weighted by molar-refractivity contribution is 6.13. The lowest BCUT2D eigenvalue weighted by Crippen LogP contribution is -2.43. The van der Waals surface area contributed by atoms with Crippen molar-refractivity contribution < 1.29 is 19.4 Å². The molecule has 27 heavy (non-hydrogen) atoms. The SMILES string of the molecule is C=C1/C=C2/OCC3(C(=O)N(CC(=O)O)c4ccccc43)/C2=C/CCCCC1. The largest absolute Gasteiger partial charge is 0.491 e. The molecule has 1 atom stereocenters. The first-order chi connectivity index (χ1) is 13.0. The molecule has 1 aromatic carbocycles. The van der Waals surface area contributed by atoms with E-state index in [0.717, 1.165) is 48.8 Å². The second-order valence-electron chi connectivity index (χ2n) is 7.38. The van der Waals surface area contributed by atoms with Crippen molar-refractivity contribution in [3.05, 3.63) is 65.5 Å². The Balaban J connectivity index is 1.86. The van der Waals surface area contributed by atoms with Crippen LogP contribution in [-0.4, -0.2) is 30.1 Å². The normalized spacial score (nSPS) is 28.7. The van der Waals surface area contributed by atoms with Crippen LogP contribution < -0.4 is 4.90 Å². The number of aliphatic carboxylic acids is 1. The Hall–Kier alpha value is -2.82. The topological polar surface area (TPSA) is 66.8 Å². The number of carboxylic acid groups (broad SMARTS) is 1. The second kappa shape index (κ2) is 6.72. The number of carboxylic acids is 1. The summed E-state index contributed by atoms with van der Waals surface area (Å²) in [4.78, 5) is 26.2. The van der Waals surface area contributed by atoms with Gasteiger partial charge in [-0.05, 0) is 43.4 Å². The quantitative estimate of drug-likeness (QED) is 0.867. The van der Waals surface area contributed by atoms with Crippen molar-refractivity contribution in [2.24, 2.45) is 0 Å². The van der Waals surface area contributed by atoms with Crippen molar-refractivity contribution in [2.45, 2.75) is 37.5 Å². The van der Waals surface area contributed by atoms with Gasteiger partial charge in [0.15, 0.2) is 0 Å². The molecule has 2 heterocycles. The third-order valence-corrected chi connectivity index (χ3v) is 5.61. The van der Waals surface area contributed by atoms with E-state index >= 15 is 0 Å². The van der Waals surface area contributed by atoms with Crippen molar-refractivity contribution in [3.63, 3.8) is 0 Å². The second-order valence-corrected chi connectivity index (χ2v) is 7.38. The Kier molecular flexibility index (Phi) is 4.38. The Morgan fingerprint density at radius 1 is 1.26 bits per heavy atom. The van der Waals surface area contributed by atoms with E-state index in [1.807, 2.05) is 30.3 Å². The van der Waals surface area contributed by atoms with E-state index < -0.39 is 11.4 Å². The van der Waals surface area contributed by atoms with Crippen LogP contribution in [0.15, 0.2) is 59.9 Å². The summed E-state index contributed by atoms with van der Waals surface area (Å²) in [5, 5.41) is 9.30. The van der Waals surface area contributed by atoms with Crippen LogP contribution in [0.2, 0.25) is 0 Å². The molecule has 3 aliphatic rings. The number of fused-ring (bicyclic) bond motifs is 4. The number of anilines is 1. The molecule has 1 unspecified atom stereocenters. The number of nitrogens with zero attached hydrogens (tertiary/aromatic N) is 1. The van der Waals surface area contributed by atoms with Gasteiger partial charge in [0, 0.05) is 11.3 Å². The lowest BCUT2D eigenvalue weighted by molar-refractivity contribution is -0.137. The number of benzene rings is 1. The van der Waals surface area contributed by atoms with Gasteiger partial charge in [0.1, 0.15) is 24.3 Å². The van der Waals surface area contributed by atoms with Crippen LogP contribution in [0, 0.1) is 0 Å². The van der Waals surface area contributed by atoms with Crippen LogP contribution in [0.1, 0.15) is 37.7 Å². The number of rotatable bonds is 2. The summed E-state index contributed by atoms with van der Waals surface area (Å²) < 4.78 is 6.01. The van der Waals surface area contributed by atoms with Gasteiger partial charge in [0.05, 0.1) is 0 Å². The van der Waals surface area contributed by atoms with E-state index in [1.165, 1.54) is 4.90 Å². The standard InChI is InChI=1S/C22H23NO4/c1-15-8-4-2-3-5-10-17-19(12-15)27-14-22(17)16-9-6-7-11-18(16)23(21(22)26)13-20(24)25/h6-7,9-12H,1-5,8,13-14H2,(H,24,25)/b17-10+,19-12+. The fourth-order valence-corrected chi connectivity index (χ4v) is 4.34. The van der Waals surface area contributed by atoms with Gasteiger partial charge in [-0.1, -0.05) is 42.8 Å². The van der Waals surface area contributed by atoms with Crippen LogP contribution in [0.5, 0.6) is 0 Å². The molecule has 1 N–H and O–H groups in total. The minimum Gasteiger partial charge on any atom is -0.491 e. The number of hydrogen-bond donors (Lipinski definition) is 1. The third kappa shape index (κ3) is 2.78. The highest BCUT2D eigenvalue weighted by Gasteiger charge is 2.58. The van der Waals surface area contributed by atoms with E-state index in [0.29, 0.717) is 11.4 Å². The van der Waals surface area contributed by atoms with Crippen molar-refractivity contribution in [1.29, 1.82) is 0 Å². The zero-order chi connectivity index (χ0) is 19.0. The molecular formula is C22H23NO4. The van der Waals surface area contributed by atoms with Gasteiger partial charge in [0.2, 0.25) is 5.91 Å². The molecule has 2 aliphatic heterocycles. The maximum atomic E-state index is 13.5. The summed E-state index contributed by atoms with van der Waals surface area (Å²) in [6.07, 6.45) is 9.12. The molecule has 0 bridgehead atoms. The maximum absolute atomic E-state index is 13.5. The van der Waals surface area contributed by atoms with Crippen molar-refractivity contribution in [2.75, 3.05) is 18.1 Å². The van der Waals surface area contributed by atoms with Crippen LogP contribution in [0.3, 0.4) is 0 Å². The van der Waals surface area contributed by atoms with Crippen molar-refractivity contribution >= 4 is 17.6 Å². The van der Waals surface area contributed by atoms with Gasteiger partial charge in [-0.15, -0.1) is 0 Å². The van der Waals surface area contributed by atoms with Crippen LogP contribution in [0.4, 0.5) is 5.69 Å². The highest BCUT2D eigenvalue weighted by Crippen LogP contribution is 2.52. The molecule has 5 heteroatoms. The molecule has 4 rings (SSSR count). The average molecular weight is 365 g/mol. The highest BCUT2D eigenvalue weighted by atomic mass is 16.5. The molecule has 140 valence electrons. The minimum atomic E-state index is -1.03. The average Bonchev–Trinajstić information content (AvgIpc) is 3.11. The van der Waals surface area contributed by atoms with Gasteiger partial charge in [-0.2, -0.15) is 0 Å². The molecule has 5 nitrogen and oxygen atoms in total. The number of hydrogen-bond acceptors (Lipinski definition) is 3. The predicted molar refractivity (Wildman–Crippen MR) is 102 cm³/mol. The van der Waals surface area contributed by atoms with Gasteiger partial charge in [0.25, 0.3) is 0 Å². The summed E-state index contributed by atoms with van der Waals surface area (Å²) in [7, 11) is 0. The van der Waals surface area contributed by atoms with Crippen molar-refractivity contribution in [3.8, 4) is 0 Å². The van der Waals surface area contributed by atoms with Crippen LogP contribution >= 0.6 is 0 Å². The summed E-state index contributed by atoms with van der Waals surface area (Å²) in [6, 6.07) is 7.44. The van der Waals surface area contributed by atoms with Crippen molar-refractivity contribution in [1.82, 2.24) is 0 Å². The molecule has 1 aliphatic carbocycles. The maximum Gasteiger partial charge on any atom is 0.323 e. The smallest absolute Gasteiger partial charge is 0.323 e. The van der Waals surface area contributed by atoms with E-state index in [1.54, 1.807) is 0 Å². The summed E-state index contributed by atoms with van der Waals surface area (Å²) in [5.74, 6) is -0.552. The number of carbonyl (C=O) groups excluding carboxylic acids is 1. The fraction of sp³-hybridized carbons (Fsp3) is 0.364. The number of para-hydroxylation sites is 1. The number of allylic oxidation sites excluding steroid dienone is 4. The first-order valence-electron chi connectivity index (χ1n) is 9.40. The van der Waals surface area contributed by atoms with E-state index in [9.17, 15) is 14.7 Å². The van der Waals surface area contributed by atoms with Gasteiger partial charge >= 0.3 is 5.97 Å². The molecule has 0 saturated carbocycles.